The summed E-state index contributed by atoms with van der Waals surface area (Å²) in [6.45, 7) is 4.59. The van der Waals surface area contributed by atoms with Crippen molar-refractivity contribution >= 4 is 34.0 Å². The van der Waals surface area contributed by atoms with Crippen molar-refractivity contribution in [2.75, 3.05) is 0 Å². The van der Waals surface area contributed by atoms with Gasteiger partial charge in [-0.2, -0.15) is 22.7 Å². The number of hydrogen-bond donors (Lipinski definition) is 0. The molecule has 0 atom stereocenters. The fourth-order valence-corrected chi connectivity index (χ4v) is 6.49. The van der Waals surface area contributed by atoms with Gasteiger partial charge in [0.05, 0.1) is 0 Å². The van der Waals surface area contributed by atoms with Crippen molar-refractivity contribution in [3.8, 4) is 21.6 Å². The number of unbranched alkanes of at least 4 members (excludes halogenated alkanes) is 15. The molecule has 0 radical (unpaired) electrons. The van der Waals surface area contributed by atoms with Crippen molar-refractivity contribution in [2.45, 2.75) is 117 Å². The highest BCUT2D eigenvalue weighted by Crippen LogP contribution is 2.38. The predicted octanol–water partition coefficient (Wildman–Crippen LogP) is 12.5. The molecule has 0 aromatic carbocycles. The maximum absolute atomic E-state index is 2.29. The van der Waals surface area contributed by atoms with E-state index in [1.807, 2.05) is 11.3 Å². The minimum atomic E-state index is 1.34. The molecule has 0 fully saturated rings. The van der Waals surface area contributed by atoms with Crippen LogP contribution in [0.5, 0.6) is 0 Å². The monoisotopic (exact) mass is 502 g/mol. The van der Waals surface area contributed by atoms with E-state index < -0.39 is 0 Å². The van der Waals surface area contributed by atoms with Gasteiger partial charge in [-0.25, -0.2) is 0 Å². The van der Waals surface area contributed by atoms with Crippen LogP contribution in [-0.2, 0) is 0 Å². The second-order valence-corrected chi connectivity index (χ2v) is 11.6. The molecular formula is C30H46S3. The topological polar surface area (TPSA) is 0 Å². The third-order valence-corrected chi connectivity index (χ3v) is 8.57. The first kappa shape index (κ1) is 28.3. The van der Waals surface area contributed by atoms with Crippen LogP contribution in [-0.4, -0.2) is 0 Å². The lowest BCUT2D eigenvalue weighted by Gasteiger charge is -2.03. The lowest BCUT2D eigenvalue weighted by Crippen LogP contribution is -1.83. The Morgan fingerprint density at radius 1 is 0.485 bits per heavy atom. The molecule has 184 valence electrons. The molecule has 0 aliphatic heterocycles. The molecule has 0 amide bonds. The molecule has 0 unspecified atom stereocenters. The second kappa shape index (κ2) is 19.4. The number of hydrogen-bond acceptors (Lipinski definition) is 3. The van der Waals surface area contributed by atoms with Crippen molar-refractivity contribution in [3.05, 3.63) is 45.1 Å². The second-order valence-electron chi connectivity index (χ2n) is 9.14. The summed E-state index contributed by atoms with van der Waals surface area (Å²) in [5, 5.41) is 10.8. The zero-order valence-corrected chi connectivity index (χ0v) is 23.6. The first-order valence-corrected chi connectivity index (χ1v) is 16.3. The number of rotatable bonds is 17. The molecular weight excluding hydrogens is 457 g/mol. The van der Waals surface area contributed by atoms with Crippen molar-refractivity contribution in [1.29, 1.82) is 0 Å². The molecule has 3 aromatic rings. The van der Waals surface area contributed by atoms with Crippen molar-refractivity contribution in [3.63, 3.8) is 0 Å². The van der Waals surface area contributed by atoms with Crippen LogP contribution in [0, 0.1) is 0 Å². The Labute approximate surface area is 216 Å². The van der Waals surface area contributed by atoms with Crippen LogP contribution in [0.3, 0.4) is 0 Å². The third kappa shape index (κ3) is 12.4. The van der Waals surface area contributed by atoms with Gasteiger partial charge in [0.25, 0.3) is 0 Å². The average Bonchev–Trinajstić information content (AvgIpc) is 3.61. The Morgan fingerprint density at radius 2 is 0.909 bits per heavy atom. The summed E-state index contributed by atoms with van der Waals surface area (Å²) >= 11 is 5.32. The lowest BCUT2D eigenvalue weighted by atomic mass is 10.0. The van der Waals surface area contributed by atoms with Gasteiger partial charge in [-0.1, -0.05) is 117 Å². The van der Waals surface area contributed by atoms with Gasteiger partial charge in [0.2, 0.25) is 0 Å². The summed E-state index contributed by atoms with van der Waals surface area (Å²) in [5.74, 6) is 0. The molecule has 3 rings (SSSR count). The molecule has 3 aromatic heterocycles. The Balaban J connectivity index is 0.000000235. The van der Waals surface area contributed by atoms with E-state index in [9.17, 15) is 0 Å². The van der Waals surface area contributed by atoms with Gasteiger partial charge in [-0.05, 0) is 50.7 Å². The summed E-state index contributed by atoms with van der Waals surface area (Å²) in [7, 11) is 0. The first-order valence-electron chi connectivity index (χ1n) is 13.5. The molecule has 0 saturated carbocycles. The molecule has 3 heterocycles. The molecule has 0 nitrogen and oxygen atoms in total. The Kier molecular flexibility index (Phi) is 16.7. The summed E-state index contributed by atoms with van der Waals surface area (Å²) in [5.41, 5.74) is 4.04. The van der Waals surface area contributed by atoms with Crippen molar-refractivity contribution < 1.29 is 0 Å². The van der Waals surface area contributed by atoms with Crippen LogP contribution < -0.4 is 0 Å². The summed E-state index contributed by atoms with van der Waals surface area (Å²) < 4.78 is 0. The molecule has 33 heavy (non-hydrogen) atoms. The maximum Gasteiger partial charge on any atom is 0.0429 e. The van der Waals surface area contributed by atoms with Gasteiger partial charge in [0.1, 0.15) is 0 Å². The largest absolute Gasteiger partial charge is 0.152 e. The fraction of sp³-hybridized carbons (Fsp3) is 0.600. The van der Waals surface area contributed by atoms with Crippen LogP contribution in [0.25, 0.3) is 21.6 Å². The van der Waals surface area contributed by atoms with Crippen LogP contribution >= 0.6 is 34.0 Å². The predicted molar refractivity (Wildman–Crippen MR) is 156 cm³/mol. The summed E-state index contributed by atoms with van der Waals surface area (Å²) in [6, 6.07) is 6.58. The van der Waals surface area contributed by atoms with Gasteiger partial charge in [-0.15, -0.1) is 11.3 Å². The van der Waals surface area contributed by atoms with Gasteiger partial charge >= 0.3 is 0 Å². The van der Waals surface area contributed by atoms with E-state index in [1.54, 1.807) is 22.7 Å². The standard InChI is InChI=1S/C18H38.C12H8S3/c1-3-5-7-9-11-13-15-17-18-16-14-12-10-8-6-4-2;1-4-13-7-9(1)11-3-6-15-12(11)10-2-5-14-8-10/h3-18H2,1-2H3;1-8H. The van der Waals surface area contributed by atoms with E-state index in [0.717, 1.165) is 0 Å². The van der Waals surface area contributed by atoms with Gasteiger partial charge < -0.3 is 0 Å². The molecule has 0 spiro atoms. The number of thiophene rings is 3. The lowest BCUT2D eigenvalue weighted by molar-refractivity contribution is 0.531. The first-order chi connectivity index (χ1) is 16.4. The zero-order chi connectivity index (χ0) is 23.4. The highest BCUT2D eigenvalue weighted by molar-refractivity contribution is 7.15. The van der Waals surface area contributed by atoms with Gasteiger partial charge in [0.15, 0.2) is 0 Å². The Hall–Kier alpha value is -0.900. The average molecular weight is 503 g/mol. The molecule has 0 aliphatic rings. The Bertz CT molecular complexity index is 703. The maximum atomic E-state index is 2.29. The minimum Gasteiger partial charge on any atom is -0.152 e. The molecule has 0 bridgehead atoms. The van der Waals surface area contributed by atoms with E-state index in [2.05, 4.69) is 58.9 Å². The molecule has 0 aliphatic carbocycles. The van der Waals surface area contributed by atoms with Crippen LogP contribution in [0.4, 0.5) is 0 Å². The summed E-state index contributed by atoms with van der Waals surface area (Å²) in [4.78, 5) is 1.38. The van der Waals surface area contributed by atoms with Crippen LogP contribution in [0.15, 0.2) is 45.1 Å². The quantitative estimate of drug-likeness (QED) is 0.161. The van der Waals surface area contributed by atoms with E-state index >= 15 is 0 Å². The molecule has 0 N–H and O–H groups in total. The zero-order valence-electron chi connectivity index (χ0n) is 21.2. The van der Waals surface area contributed by atoms with E-state index in [0.29, 0.717) is 0 Å². The summed E-state index contributed by atoms with van der Waals surface area (Å²) in [6.07, 6.45) is 23.4. The van der Waals surface area contributed by atoms with Gasteiger partial charge in [0, 0.05) is 16.0 Å². The molecule has 0 saturated heterocycles. The van der Waals surface area contributed by atoms with Gasteiger partial charge in [-0.3, -0.25) is 0 Å². The highest BCUT2D eigenvalue weighted by atomic mass is 32.1. The van der Waals surface area contributed by atoms with E-state index in [4.69, 9.17) is 0 Å². The fourth-order valence-electron chi connectivity index (χ4n) is 4.19. The molecule has 3 heteroatoms. The SMILES string of the molecule is CCCCCCCCCCCCCCCCCC.c1cc(-c2ccsc2-c2ccsc2)cs1. The van der Waals surface area contributed by atoms with Crippen LogP contribution in [0.1, 0.15) is 117 Å². The van der Waals surface area contributed by atoms with E-state index in [-0.39, 0.29) is 0 Å². The highest BCUT2D eigenvalue weighted by Gasteiger charge is 2.09. The normalized spacial score (nSPS) is 10.8. The van der Waals surface area contributed by atoms with Crippen LogP contribution in [0.2, 0.25) is 0 Å². The van der Waals surface area contributed by atoms with E-state index in [1.165, 1.54) is 124 Å². The van der Waals surface area contributed by atoms with Crippen molar-refractivity contribution in [2.24, 2.45) is 0 Å². The third-order valence-electron chi connectivity index (χ3n) is 6.24. The minimum absolute atomic E-state index is 1.34. The Morgan fingerprint density at radius 3 is 1.30 bits per heavy atom. The smallest absolute Gasteiger partial charge is 0.0429 e. The van der Waals surface area contributed by atoms with Crippen molar-refractivity contribution in [1.82, 2.24) is 0 Å².